The first-order chi connectivity index (χ1) is 9.99. The molecule has 4 heteroatoms. The third-order valence-electron chi connectivity index (χ3n) is 3.92. The molecule has 0 bridgehead atoms. The van der Waals surface area contributed by atoms with E-state index < -0.39 is 0 Å². The van der Waals surface area contributed by atoms with Crippen molar-refractivity contribution in [3.8, 4) is 5.88 Å². The molecule has 1 heterocycles. The maximum Gasteiger partial charge on any atom is 0.218 e. The number of hydrogen-bond acceptors (Lipinski definition) is 4. The molecule has 1 aliphatic rings. The fourth-order valence-electron chi connectivity index (χ4n) is 2.66. The summed E-state index contributed by atoms with van der Waals surface area (Å²) in [5, 5.41) is 3.27. The first-order valence-electron chi connectivity index (χ1n) is 8.25. The first kappa shape index (κ1) is 16.1. The minimum atomic E-state index is -0.0750. The second-order valence-electron chi connectivity index (χ2n) is 7.01. The lowest BCUT2D eigenvalue weighted by atomic mass is 9.90. The van der Waals surface area contributed by atoms with Crippen LogP contribution in [0, 0.1) is 5.92 Å². The van der Waals surface area contributed by atoms with Gasteiger partial charge in [-0.2, -0.15) is 4.98 Å². The monoisotopic (exact) mass is 291 g/mol. The summed E-state index contributed by atoms with van der Waals surface area (Å²) in [6.45, 7) is 10.1. The fraction of sp³-hybridized carbons (Fsp3) is 0.765. The van der Waals surface area contributed by atoms with Crippen molar-refractivity contribution in [2.45, 2.75) is 65.2 Å². The van der Waals surface area contributed by atoms with Gasteiger partial charge in [0, 0.05) is 18.0 Å². The van der Waals surface area contributed by atoms with Gasteiger partial charge in [0.05, 0.1) is 6.61 Å². The van der Waals surface area contributed by atoms with Gasteiger partial charge >= 0.3 is 0 Å². The van der Waals surface area contributed by atoms with Crippen LogP contribution in [0.5, 0.6) is 5.88 Å². The third kappa shape index (κ3) is 4.87. The van der Waals surface area contributed by atoms with Crippen molar-refractivity contribution in [1.29, 1.82) is 0 Å². The van der Waals surface area contributed by atoms with Gasteiger partial charge in [-0.3, -0.25) is 0 Å². The van der Waals surface area contributed by atoms with Crippen LogP contribution in [0.25, 0.3) is 0 Å². The summed E-state index contributed by atoms with van der Waals surface area (Å²) < 4.78 is 5.98. The molecule has 0 aromatic carbocycles. The van der Waals surface area contributed by atoms with Crippen LogP contribution in [0.2, 0.25) is 0 Å². The molecule has 1 aromatic rings. The molecular weight excluding hydrogens is 262 g/mol. The highest BCUT2D eigenvalue weighted by molar-refractivity contribution is 5.39. The number of nitrogens with one attached hydrogen (secondary N) is 1. The molecule has 1 aliphatic carbocycles. The number of rotatable bonds is 5. The molecule has 0 atom stereocenters. The zero-order valence-corrected chi connectivity index (χ0v) is 13.9. The van der Waals surface area contributed by atoms with Crippen molar-refractivity contribution in [2.75, 3.05) is 18.5 Å². The van der Waals surface area contributed by atoms with E-state index in [1.807, 2.05) is 6.07 Å². The Morgan fingerprint density at radius 1 is 1.19 bits per heavy atom. The van der Waals surface area contributed by atoms with E-state index in [4.69, 9.17) is 4.74 Å². The minimum Gasteiger partial charge on any atom is -0.477 e. The molecule has 4 nitrogen and oxygen atoms in total. The minimum absolute atomic E-state index is 0.0750. The molecule has 1 N–H and O–H groups in total. The second kappa shape index (κ2) is 7.10. The van der Waals surface area contributed by atoms with Gasteiger partial charge in [0.15, 0.2) is 0 Å². The summed E-state index contributed by atoms with van der Waals surface area (Å²) >= 11 is 0. The lowest BCUT2D eigenvalue weighted by Crippen LogP contribution is -2.20. The Hall–Kier alpha value is -1.32. The highest BCUT2D eigenvalue weighted by Crippen LogP contribution is 2.26. The Kier molecular flexibility index (Phi) is 5.43. The number of ether oxygens (including phenoxy) is 1. The van der Waals surface area contributed by atoms with E-state index in [1.54, 1.807) is 0 Å². The molecule has 0 aliphatic heterocycles. The second-order valence-corrected chi connectivity index (χ2v) is 7.01. The van der Waals surface area contributed by atoms with Gasteiger partial charge in [-0.15, -0.1) is 0 Å². The summed E-state index contributed by atoms with van der Waals surface area (Å²) in [5.41, 5.74) is -0.0750. The van der Waals surface area contributed by atoms with Crippen molar-refractivity contribution in [3.05, 3.63) is 11.9 Å². The van der Waals surface area contributed by atoms with Gasteiger partial charge in [-0.1, -0.05) is 40.0 Å². The Bertz CT molecular complexity index is 448. The number of aromatic nitrogens is 2. The van der Waals surface area contributed by atoms with E-state index >= 15 is 0 Å². The number of anilines is 1. The van der Waals surface area contributed by atoms with Crippen molar-refractivity contribution >= 4 is 5.82 Å². The zero-order valence-electron chi connectivity index (χ0n) is 13.9. The third-order valence-corrected chi connectivity index (χ3v) is 3.92. The summed E-state index contributed by atoms with van der Waals surface area (Å²) in [7, 11) is 0. The molecule has 1 saturated carbocycles. The molecule has 2 rings (SSSR count). The Morgan fingerprint density at radius 3 is 2.52 bits per heavy atom. The predicted octanol–water partition coefficient (Wildman–Crippen LogP) is 4.17. The number of hydrogen-bond donors (Lipinski definition) is 1. The zero-order chi connectivity index (χ0) is 15.3. The van der Waals surface area contributed by atoms with Crippen LogP contribution in [0.4, 0.5) is 5.82 Å². The summed E-state index contributed by atoms with van der Waals surface area (Å²) in [4.78, 5) is 9.18. The predicted molar refractivity (Wildman–Crippen MR) is 87.0 cm³/mol. The van der Waals surface area contributed by atoms with Crippen molar-refractivity contribution in [3.63, 3.8) is 0 Å². The topological polar surface area (TPSA) is 47.0 Å². The first-order valence-corrected chi connectivity index (χ1v) is 8.25. The van der Waals surface area contributed by atoms with Crippen LogP contribution in [0.15, 0.2) is 6.07 Å². The average molecular weight is 291 g/mol. The normalized spacial score (nSPS) is 16.8. The van der Waals surface area contributed by atoms with Gasteiger partial charge in [-0.25, -0.2) is 4.98 Å². The molecule has 1 aromatic heterocycles. The summed E-state index contributed by atoms with van der Waals surface area (Å²) in [6.07, 6.45) is 6.64. The summed E-state index contributed by atoms with van der Waals surface area (Å²) in [5.74, 6) is 3.08. The molecule has 1 fully saturated rings. The Morgan fingerprint density at radius 2 is 1.90 bits per heavy atom. The quantitative estimate of drug-likeness (QED) is 0.884. The van der Waals surface area contributed by atoms with E-state index in [9.17, 15) is 0 Å². The van der Waals surface area contributed by atoms with Crippen LogP contribution in [-0.4, -0.2) is 23.1 Å². The molecule has 0 amide bonds. The van der Waals surface area contributed by atoms with Crippen molar-refractivity contribution < 1.29 is 4.74 Å². The molecule has 118 valence electrons. The van der Waals surface area contributed by atoms with Gasteiger partial charge in [-0.05, 0) is 25.7 Å². The molecule has 21 heavy (non-hydrogen) atoms. The van der Waals surface area contributed by atoms with Gasteiger partial charge in [0.1, 0.15) is 11.6 Å². The van der Waals surface area contributed by atoms with Crippen LogP contribution < -0.4 is 10.1 Å². The van der Waals surface area contributed by atoms with E-state index in [1.165, 1.54) is 32.1 Å². The molecular formula is C17H29N3O. The highest BCUT2D eigenvalue weighted by atomic mass is 16.5. The van der Waals surface area contributed by atoms with E-state index in [-0.39, 0.29) is 5.41 Å². The average Bonchev–Trinajstić information content (AvgIpc) is 2.45. The van der Waals surface area contributed by atoms with Crippen molar-refractivity contribution in [1.82, 2.24) is 9.97 Å². The fourth-order valence-corrected chi connectivity index (χ4v) is 2.66. The standard InChI is InChI=1S/C17H29N3O/c1-5-18-14-11-15(20-16(19-14)17(2,3)4)21-12-13-9-7-6-8-10-13/h11,13H,5-10,12H2,1-4H3,(H,18,19,20). The maximum atomic E-state index is 5.98. The SMILES string of the molecule is CCNc1cc(OCC2CCCCC2)nc(C(C)(C)C)n1. The number of nitrogens with zero attached hydrogens (tertiary/aromatic N) is 2. The summed E-state index contributed by atoms with van der Waals surface area (Å²) in [6, 6.07) is 1.92. The maximum absolute atomic E-state index is 5.98. The van der Waals surface area contributed by atoms with Crippen LogP contribution >= 0.6 is 0 Å². The molecule has 0 saturated heterocycles. The lowest BCUT2D eigenvalue weighted by Gasteiger charge is -2.22. The Balaban J connectivity index is 2.07. The largest absolute Gasteiger partial charge is 0.477 e. The highest BCUT2D eigenvalue weighted by Gasteiger charge is 2.20. The van der Waals surface area contributed by atoms with E-state index in [2.05, 4.69) is 43.0 Å². The van der Waals surface area contributed by atoms with Gasteiger partial charge < -0.3 is 10.1 Å². The van der Waals surface area contributed by atoms with E-state index in [0.29, 0.717) is 11.8 Å². The van der Waals surface area contributed by atoms with Crippen LogP contribution in [0.1, 0.15) is 65.6 Å². The molecule has 0 radical (unpaired) electrons. The van der Waals surface area contributed by atoms with Crippen molar-refractivity contribution in [2.24, 2.45) is 5.92 Å². The van der Waals surface area contributed by atoms with Gasteiger partial charge in [0.25, 0.3) is 0 Å². The lowest BCUT2D eigenvalue weighted by molar-refractivity contribution is 0.201. The van der Waals surface area contributed by atoms with Gasteiger partial charge in [0.2, 0.25) is 5.88 Å². The van der Waals surface area contributed by atoms with Crippen LogP contribution in [-0.2, 0) is 5.41 Å². The van der Waals surface area contributed by atoms with Crippen LogP contribution in [0.3, 0.4) is 0 Å². The Labute approximate surface area is 128 Å². The van der Waals surface area contributed by atoms with E-state index in [0.717, 1.165) is 24.8 Å². The smallest absolute Gasteiger partial charge is 0.218 e. The molecule has 0 unspecified atom stereocenters. The molecule has 0 spiro atoms.